The molecule has 0 fully saturated rings. The zero-order valence-corrected chi connectivity index (χ0v) is 13.0. The van der Waals surface area contributed by atoms with Crippen LogP contribution in [0.5, 0.6) is 5.75 Å². The van der Waals surface area contributed by atoms with E-state index in [-0.39, 0.29) is 11.3 Å². The Morgan fingerprint density at radius 2 is 1.74 bits per heavy atom. The number of anilines is 2. The van der Waals surface area contributed by atoms with Crippen LogP contribution in [-0.2, 0) is 10.0 Å². The molecule has 0 aliphatic rings. The van der Waals surface area contributed by atoms with Crippen molar-refractivity contribution in [2.24, 2.45) is 0 Å². The van der Waals surface area contributed by atoms with Crippen LogP contribution < -0.4 is 15.2 Å². The standard InChI is InChI=1S/C14H13F3N2O3S/c1-7-11(6-5-10(22-2)12(7)16)23(20,21)19-9-4-3-8(15)14(18)13(9)17/h3-6,19H,18H2,1-2H3. The maximum Gasteiger partial charge on any atom is 0.262 e. The first kappa shape index (κ1) is 16.9. The van der Waals surface area contributed by atoms with Crippen LogP contribution in [0.3, 0.4) is 0 Å². The average Bonchev–Trinajstić information content (AvgIpc) is 2.50. The molecule has 2 rings (SSSR count). The van der Waals surface area contributed by atoms with E-state index in [1.54, 1.807) is 0 Å². The van der Waals surface area contributed by atoms with Crippen LogP contribution in [0.1, 0.15) is 5.56 Å². The lowest BCUT2D eigenvalue weighted by molar-refractivity contribution is 0.384. The molecule has 0 heterocycles. The largest absolute Gasteiger partial charge is 0.494 e. The molecule has 124 valence electrons. The van der Waals surface area contributed by atoms with Crippen molar-refractivity contribution < 1.29 is 26.3 Å². The van der Waals surface area contributed by atoms with Gasteiger partial charge >= 0.3 is 0 Å². The van der Waals surface area contributed by atoms with Crippen molar-refractivity contribution in [1.82, 2.24) is 0 Å². The van der Waals surface area contributed by atoms with Crippen molar-refractivity contribution in [1.29, 1.82) is 0 Å². The first-order chi connectivity index (χ1) is 10.7. The number of nitrogens with one attached hydrogen (secondary N) is 1. The monoisotopic (exact) mass is 346 g/mol. The van der Waals surface area contributed by atoms with Crippen molar-refractivity contribution in [3.05, 3.63) is 47.3 Å². The summed E-state index contributed by atoms with van der Waals surface area (Å²) in [5, 5.41) is 0. The van der Waals surface area contributed by atoms with Gasteiger partial charge in [-0.1, -0.05) is 0 Å². The molecule has 2 aromatic rings. The summed E-state index contributed by atoms with van der Waals surface area (Å²) >= 11 is 0. The molecule has 0 saturated carbocycles. The number of nitrogen functional groups attached to an aromatic ring is 1. The molecular formula is C14H13F3N2O3S. The van der Waals surface area contributed by atoms with Gasteiger partial charge in [0.1, 0.15) is 11.5 Å². The summed E-state index contributed by atoms with van der Waals surface area (Å²) in [5.74, 6) is -3.24. The van der Waals surface area contributed by atoms with Crippen molar-refractivity contribution in [2.45, 2.75) is 11.8 Å². The predicted molar refractivity (Wildman–Crippen MR) is 79.3 cm³/mol. The molecule has 0 bridgehead atoms. The van der Waals surface area contributed by atoms with E-state index in [9.17, 15) is 21.6 Å². The number of nitrogens with two attached hydrogens (primary N) is 1. The van der Waals surface area contributed by atoms with Gasteiger partial charge in [0.15, 0.2) is 17.4 Å². The summed E-state index contributed by atoms with van der Waals surface area (Å²) in [6.45, 7) is 1.24. The number of halogens is 3. The molecule has 9 heteroatoms. The summed E-state index contributed by atoms with van der Waals surface area (Å²) in [4.78, 5) is -0.405. The molecule has 0 aliphatic heterocycles. The number of benzene rings is 2. The van der Waals surface area contributed by atoms with E-state index in [1.165, 1.54) is 14.0 Å². The highest BCUT2D eigenvalue weighted by atomic mass is 32.2. The van der Waals surface area contributed by atoms with Crippen LogP contribution in [0.2, 0.25) is 0 Å². The van der Waals surface area contributed by atoms with E-state index in [1.807, 2.05) is 4.72 Å². The van der Waals surface area contributed by atoms with Gasteiger partial charge in [0.05, 0.1) is 17.7 Å². The molecule has 0 radical (unpaired) electrons. The average molecular weight is 346 g/mol. The van der Waals surface area contributed by atoms with Crippen LogP contribution in [0.25, 0.3) is 0 Å². The topological polar surface area (TPSA) is 81.4 Å². The minimum absolute atomic E-state index is 0.126. The van der Waals surface area contributed by atoms with Gasteiger partial charge < -0.3 is 10.5 Å². The van der Waals surface area contributed by atoms with Crippen LogP contribution in [-0.4, -0.2) is 15.5 Å². The Hall–Kier alpha value is -2.42. The summed E-state index contributed by atoms with van der Waals surface area (Å²) in [6, 6.07) is 3.95. The molecule has 5 nitrogen and oxygen atoms in total. The summed E-state index contributed by atoms with van der Waals surface area (Å²) < 4.78 is 72.2. The summed E-state index contributed by atoms with van der Waals surface area (Å²) in [5.41, 5.74) is 3.61. The Balaban J connectivity index is 2.49. The smallest absolute Gasteiger partial charge is 0.262 e. The third-order valence-corrected chi connectivity index (χ3v) is 4.69. The predicted octanol–water partition coefficient (Wildman–Crippen LogP) is 2.80. The molecular weight excluding hydrogens is 333 g/mol. The fourth-order valence-electron chi connectivity index (χ4n) is 1.94. The molecule has 0 spiro atoms. The highest BCUT2D eigenvalue weighted by Gasteiger charge is 2.23. The Morgan fingerprint density at radius 1 is 1.09 bits per heavy atom. The molecule has 0 atom stereocenters. The van der Waals surface area contributed by atoms with E-state index in [4.69, 9.17) is 10.5 Å². The van der Waals surface area contributed by atoms with E-state index in [2.05, 4.69) is 0 Å². The lowest BCUT2D eigenvalue weighted by Gasteiger charge is -2.13. The first-order valence-electron chi connectivity index (χ1n) is 6.28. The quantitative estimate of drug-likeness (QED) is 0.834. The van der Waals surface area contributed by atoms with Crippen LogP contribution in [0.4, 0.5) is 24.5 Å². The Bertz CT molecular complexity index is 870. The summed E-state index contributed by atoms with van der Waals surface area (Å²) in [7, 11) is -3.07. The van der Waals surface area contributed by atoms with E-state index < -0.39 is 43.7 Å². The molecule has 0 aromatic heterocycles. The van der Waals surface area contributed by atoms with Gasteiger partial charge in [-0.25, -0.2) is 21.6 Å². The minimum atomic E-state index is -4.31. The van der Waals surface area contributed by atoms with Crippen LogP contribution in [0.15, 0.2) is 29.2 Å². The fraction of sp³-hybridized carbons (Fsp3) is 0.143. The molecule has 0 amide bonds. The van der Waals surface area contributed by atoms with E-state index >= 15 is 0 Å². The van der Waals surface area contributed by atoms with Crippen molar-refractivity contribution in [3.63, 3.8) is 0 Å². The van der Waals surface area contributed by atoms with Gasteiger partial charge in [-0.3, -0.25) is 4.72 Å². The Labute approximate surface area is 130 Å². The lowest BCUT2D eigenvalue weighted by atomic mass is 10.2. The van der Waals surface area contributed by atoms with E-state index in [0.717, 1.165) is 24.3 Å². The number of hydrogen-bond donors (Lipinski definition) is 2. The third-order valence-electron chi connectivity index (χ3n) is 3.18. The van der Waals surface area contributed by atoms with Gasteiger partial charge in [-0.2, -0.15) is 0 Å². The minimum Gasteiger partial charge on any atom is -0.494 e. The normalized spacial score (nSPS) is 11.3. The van der Waals surface area contributed by atoms with Gasteiger partial charge in [0.25, 0.3) is 10.0 Å². The fourth-order valence-corrected chi connectivity index (χ4v) is 3.24. The Kier molecular flexibility index (Phi) is 4.42. The maximum absolute atomic E-state index is 14.0. The zero-order valence-electron chi connectivity index (χ0n) is 12.2. The highest BCUT2D eigenvalue weighted by Crippen LogP contribution is 2.29. The Morgan fingerprint density at radius 3 is 2.35 bits per heavy atom. The van der Waals surface area contributed by atoms with Crippen molar-refractivity contribution >= 4 is 21.4 Å². The second-order valence-corrected chi connectivity index (χ2v) is 6.28. The molecule has 0 unspecified atom stereocenters. The number of methoxy groups -OCH3 is 1. The van der Waals surface area contributed by atoms with E-state index in [0.29, 0.717) is 0 Å². The van der Waals surface area contributed by atoms with Gasteiger partial charge in [-0.05, 0) is 31.2 Å². The molecule has 0 aliphatic carbocycles. The SMILES string of the molecule is COc1ccc(S(=O)(=O)Nc2ccc(F)c(N)c2F)c(C)c1F. The number of ether oxygens (including phenoxy) is 1. The van der Waals surface area contributed by atoms with Crippen molar-refractivity contribution in [2.75, 3.05) is 17.6 Å². The lowest BCUT2D eigenvalue weighted by Crippen LogP contribution is -2.16. The number of sulfonamides is 1. The molecule has 2 aromatic carbocycles. The van der Waals surface area contributed by atoms with Crippen molar-refractivity contribution in [3.8, 4) is 5.75 Å². The summed E-state index contributed by atoms with van der Waals surface area (Å²) in [6.07, 6.45) is 0. The number of rotatable bonds is 4. The first-order valence-corrected chi connectivity index (χ1v) is 7.76. The van der Waals surface area contributed by atoms with Crippen LogP contribution >= 0.6 is 0 Å². The maximum atomic E-state index is 14.0. The van der Waals surface area contributed by atoms with Gasteiger partial charge in [0.2, 0.25) is 0 Å². The van der Waals surface area contributed by atoms with Gasteiger partial charge in [-0.15, -0.1) is 0 Å². The molecule has 3 N–H and O–H groups in total. The molecule has 23 heavy (non-hydrogen) atoms. The number of hydrogen-bond acceptors (Lipinski definition) is 4. The second-order valence-electron chi connectivity index (χ2n) is 4.63. The zero-order chi connectivity index (χ0) is 17.4. The van der Waals surface area contributed by atoms with Gasteiger partial charge in [0, 0.05) is 5.56 Å². The molecule has 0 saturated heterocycles. The van der Waals surface area contributed by atoms with Crippen LogP contribution in [0, 0.1) is 24.4 Å². The highest BCUT2D eigenvalue weighted by molar-refractivity contribution is 7.92. The third kappa shape index (κ3) is 3.04. The second kappa shape index (κ2) is 5.99.